The summed E-state index contributed by atoms with van der Waals surface area (Å²) >= 11 is 3.23. The third-order valence-corrected chi connectivity index (χ3v) is 6.54. The van der Waals surface area contributed by atoms with Crippen LogP contribution in [-0.4, -0.2) is 23.1 Å². The number of piperidine rings is 1. The molecule has 0 spiro atoms. The van der Waals surface area contributed by atoms with Crippen LogP contribution in [0.25, 0.3) is 20.7 Å². The summed E-state index contributed by atoms with van der Waals surface area (Å²) in [5.41, 5.74) is 1.01. The van der Waals surface area contributed by atoms with Gasteiger partial charge in [0.2, 0.25) is 0 Å². The zero-order valence-electron chi connectivity index (χ0n) is 13.1. The number of hydrogen-bond acceptors (Lipinski definition) is 4. The average molecular weight is 347 g/mol. The molecule has 4 heterocycles. The average Bonchev–Trinajstić information content (AvgIpc) is 3.24. The number of aromatic nitrogens is 2. The Morgan fingerprint density at radius 2 is 2.09 bits per heavy atom. The molecule has 4 nitrogen and oxygen atoms in total. The van der Waals surface area contributed by atoms with Gasteiger partial charge >= 0.3 is 0 Å². The first kappa shape index (κ1) is 15.1. The summed E-state index contributed by atoms with van der Waals surface area (Å²) in [5.74, 6) is 0.832. The van der Waals surface area contributed by atoms with Crippen molar-refractivity contribution >= 4 is 32.9 Å². The largest absolute Gasteiger partial charge is 0.326 e. The number of aromatic amines is 1. The van der Waals surface area contributed by atoms with Crippen LogP contribution in [0.3, 0.4) is 0 Å². The molecule has 1 fully saturated rings. The number of quaternary nitrogens is 1. The predicted octanol–water partition coefficient (Wildman–Crippen LogP) is 2.84. The van der Waals surface area contributed by atoms with E-state index in [4.69, 9.17) is 4.98 Å². The number of fused-ring (bicyclic) bond motifs is 1. The van der Waals surface area contributed by atoms with Crippen LogP contribution in [-0.2, 0) is 0 Å². The van der Waals surface area contributed by atoms with E-state index < -0.39 is 0 Å². The van der Waals surface area contributed by atoms with Crippen LogP contribution in [0.15, 0.2) is 27.7 Å². The molecule has 1 saturated heterocycles. The van der Waals surface area contributed by atoms with Crippen LogP contribution >= 0.6 is 22.7 Å². The molecule has 1 atom stereocenters. The zero-order valence-corrected chi connectivity index (χ0v) is 14.7. The van der Waals surface area contributed by atoms with E-state index in [0.29, 0.717) is 0 Å². The SMILES string of the molecule is C[C@@H](c1nc2scc(-c3cccs3)c2c(=O)[nH]1)[NH+]1CCCCC1. The van der Waals surface area contributed by atoms with E-state index in [-0.39, 0.29) is 11.6 Å². The molecule has 120 valence electrons. The van der Waals surface area contributed by atoms with Crippen molar-refractivity contribution in [1.29, 1.82) is 0 Å². The van der Waals surface area contributed by atoms with Gasteiger partial charge in [0.05, 0.1) is 18.5 Å². The van der Waals surface area contributed by atoms with Crippen LogP contribution in [0.1, 0.15) is 38.1 Å². The zero-order chi connectivity index (χ0) is 15.8. The number of nitrogens with one attached hydrogen (secondary N) is 2. The van der Waals surface area contributed by atoms with E-state index in [1.165, 1.54) is 37.3 Å². The highest BCUT2D eigenvalue weighted by Gasteiger charge is 2.25. The van der Waals surface area contributed by atoms with Gasteiger partial charge in [0.15, 0.2) is 5.82 Å². The van der Waals surface area contributed by atoms with Crippen molar-refractivity contribution in [2.45, 2.75) is 32.2 Å². The number of nitrogens with zero attached hydrogens (tertiary/aromatic N) is 1. The summed E-state index contributed by atoms with van der Waals surface area (Å²) in [5, 5.41) is 4.83. The molecule has 2 N–H and O–H groups in total. The lowest BCUT2D eigenvalue weighted by Crippen LogP contribution is -3.12. The molecule has 0 bridgehead atoms. The highest BCUT2D eigenvalue weighted by atomic mass is 32.1. The van der Waals surface area contributed by atoms with Gasteiger partial charge in [0, 0.05) is 15.8 Å². The minimum absolute atomic E-state index is 0.00194. The maximum atomic E-state index is 12.7. The monoisotopic (exact) mass is 346 g/mol. The van der Waals surface area contributed by atoms with Crippen molar-refractivity contribution in [2.24, 2.45) is 0 Å². The van der Waals surface area contributed by atoms with E-state index in [1.54, 1.807) is 22.7 Å². The maximum Gasteiger partial charge on any atom is 0.260 e. The van der Waals surface area contributed by atoms with Crippen LogP contribution < -0.4 is 10.5 Å². The molecule has 6 heteroatoms. The third-order valence-electron chi connectivity index (χ3n) is 4.77. The molecule has 0 aliphatic carbocycles. The van der Waals surface area contributed by atoms with Gasteiger partial charge in [0.25, 0.3) is 5.56 Å². The second-order valence-corrected chi connectivity index (χ2v) is 8.00. The molecule has 0 unspecified atom stereocenters. The molecule has 0 aromatic carbocycles. The topological polar surface area (TPSA) is 50.2 Å². The first-order valence-electron chi connectivity index (χ1n) is 8.14. The quantitative estimate of drug-likeness (QED) is 0.766. The number of hydrogen-bond donors (Lipinski definition) is 2. The van der Waals surface area contributed by atoms with Gasteiger partial charge in [-0.2, -0.15) is 0 Å². The van der Waals surface area contributed by atoms with Gasteiger partial charge in [-0.1, -0.05) is 6.07 Å². The Morgan fingerprint density at radius 3 is 2.83 bits per heavy atom. The van der Waals surface area contributed by atoms with E-state index >= 15 is 0 Å². The molecular formula is C17H20N3OS2+. The molecule has 1 aliphatic rings. The van der Waals surface area contributed by atoms with Crippen molar-refractivity contribution in [3.05, 3.63) is 39.1 Å². The third kappa shape index (κ3) is 2.75. The second-order valence-electron chi connectivity index (χ2n) is 6.20. The summed E-state index contributed by atoms with van der Waals surface area (Å²) in [6, 6.07) is 4.32. The van der Waals surface area contributed by atoms with Gasteiger partial charge < -0.3 is 9.88 Å². The van der Waals surface area contributed by atoms with Crippen molar-refractivity contribution < 1.29 is 4.90 Å². The van der Waals surface area contributed by atoms with Gasteiger partial charge in [-0.15, -0.1) is 22.7 Å². The van der Waals surface area contributed by atoms with Gasteiger partial charge in [0.1, 0.15) is 10.9 Å². The number of rotatable bonds is 3. The van der Waals surface area contributed by atoms with E-state index in [1.807, 2.05) is 11.4 Å². The predicted molar refractivity (Wildman–Crippen MR) is 96.5 cm³/mol. The summed E-state index contributed by atoms with van der Waals surface area (Å²) in [4.78, 5) is 24.0. The highest BCUT2D eigenvalue weighted by molar-refractivity contribution is 7.18. The van der Waals surface area contributed by atoms with Gasteiger partial charge in [-0.25, -0.2) is 4.98 Å². The van der Waals surface area contributed by atoms with Gasteiger partial charge in [-0.3, -0.25) is 4.79 Å². The van der Waals surface area contributed by atoms with E-state index in [2.05, 4.69) is 23.4 Å². The Kier molecular flexibility index (Phi) is 4.05. The van der Waals surface area contributed by atoms with Crippen LogP contribution in [0.5, 0.6) is 0 Å². The Morgan fingerprint density at radius 1 is 1.26 bits per heavy atom. The lowest BCUT2D eigenvalue weighted by molar-refractivity contribution is -0.934. The molecule has 0 amide bonds. The first-order valence-corrected chi connectivity index (χ1v) is 9.90. The lowest BCUT2D eigenvalue weighted by Gasteiger charge is -2.28. The van der Waals surface area contributed by atoms with Crippen molar-refractivity contribution in [3.63, 3.8) is 0 Å². The van der Waals surface area contributed by atoms with E-state index in [0.717, 1.165) is 26.5 Å². The molecule has 3 aromatic rings. The minimum atomic E-state index is -0.00194. The van der Waals surface area contributed by atoms with Crippen LogP contribution in [0.4, 0.5) is 0 Å². The normalized spacial score (nSPS) is 17.6. The van der Waals surface area contributed by atoms with E-state index in [9.17, 15) is 4.79 Å². The fourth-order valence-corrected chi connectivity index (χ4v) is 5.19. The summed E-state index contributed by atoms with van der Waals surface area (Å²) in [7, 11) is 0. The fraction of sp³-hybridized carbons (Fsp3) is 0.412. The maximum absolute atomic E-state index is 12.7. The molecule has 0 radical (unpaired) electrons. The standard InChI is InChI=1S/C17H19N3OS2/c1-11(20-7-3-2-4-8-20)15-18-16(21)14-12(10-23-17(14)19-15)13-6-5-9-22-13/h5-6,9-11H,2-4,7-8H2,1H3,(H,18,19,21)/p+1/t11-/m0/s1. The Labute approximate surface area is 142 Å². The molecule has 4 rings (SSSR count). The number of H-pyrrole nitrogens is 1. The van der Waals surface area contributed by atoms with Crippen molar-refractivity contribution in [2.75, 3.05) is 13.1 Å². The Bertz CT molecular complexity index is 860. The summed E-state index contributed by atoms with van der Waals surface area (Å²) in [6.07, 6.45) is 3.87. The van der Waals surface area contributed by atoms with Crippen molar-refractivity contribution in [1.82, 2.24) is 9.97 Å². The lowest BCUT2D eigenvalue weighted by atomic mass is 10.1. The molecule has 1 aliphatic heterocycles. The highest BCUT2D eigenvalue weighted by Crippen LogP contribution is 2.33. The Balaban J connectivity index is 1.75. The summed E-state index contributed by atoms with van der Waals surface area (Å²) < 4.78 is 0. The first-order chi connectivity index (χ1) is 11.2. The minimum Gasteiger partial charge on any atom is -0.326 e. The van der Waals surface area contributed by atoms with Gasteiger partial charge in [-0.05, 0) is 37.6 Å². The second kappa shape index (κ2) is 6.19. The summed E-state index contributed by atoms with van der Waals surface area (Å²) in [6.45, 7) is 4.53. The fourth-order valence-electron chi connectivity index (χ4n) is 3.42. The Hall–Kier alpha value is -1.50. The van der Waals surface area contributed by atoms with Crippen LogP contribution in [0, 0.1) is 0 Å². The molecular weight excluding hydrogens is 326 g/mol. The van der Waals surface area contributed by atoms with Crippen LogP contribution in [0.2, 0.25) is 0 Å². The smallest absolute Gasteiger partial charge is 0.260 e. The molecule has 3 aromatic heterocycles. The molecule has 0 saturated carbocycles. The van der Waals surface area contributed by atoms with Crippen molar-refractivity contribution in [3.8, 4) is 10.4 Å². The molecule has 23 heavy (non-hydrogen) atoms. The number of likely N-dealkylation sites (tertiary alicyclic amines) is 1. The number of thiophene rings is 2.